The van der Waals surface area contributed by atoms with E-state index >= 15 is 0 Å². The molecule has 1 heterocycles. The number of nitrogens with one attached hydrogen (secondary N) is 1. The van der Waals surface area contributed by atoms with Crippen molar-refractivity contribution in [3.63, 3.8) is 0 Å². The number of carbonyl (C=O) groups is 2. The van der Waals surface area contributed by atoms with Crippen molar-refractivity contribution in [2.24, 2.45) is 0 Å². The maximum Gasteiger partial charge on any atom is 0.345 e. The average molecular weight is 297 g/mol. The van der Waals surface area contributed by atoms with Crippen molar-refractivity contribution in [1.29, 1.82) is 10.5 Å². The van der Waals surface area contributed by atoms with Gasteiger partial charge in [0.1, 0.15) is 17.0 Å². The van der Waals surface area contributed by atoms with Gasteiger partial charge in [-0.15, -0.1) is 11.3 Å². The van der Waals surface area contributed by atoms with Crippen molar-refractivity contribution < 1.29 is 14.7 Å². The van der Waals surface area contributed by atoms with Crippen LogP contribution in [0.2, 0.25) is 0 Å². The molecule has 6 nitrogen and oxygen atoms in total. The fourth-order valence-corrected chi connectivity index (χ4v) is 2.32. The molecule has 0 aliphatic rings. The summed E-state index contributed by atoms with van der Waals surface area (Å²) in [7, 11) is 0. The predicted octanol–water partition coefficient (Wildman–Crippen LogP) is 2.44. The van der Waals surface area contributed by atoms with E-state index in [9.17, 15) is 9.59 Å². The van der Waals surface area contributed by atoms with Crippen LogP contribution >= 0.6 is 11.3 Å². The Kier molecular flexibility index (Phi) is 3.98. The van der Waals surface area contributed by atoms with Crippen LogP contribution in [0.1, 0.15) is 30.5 Å². The van der Waals surface area contributed by atoms with Crippen LogP contribution in [0.5, 0.6) is 0 Å². The molecule has 2 aromatic rings. The highest BCUT2D eigenvalue weighted by Gasteiger charge is 2.13. The number of rotatable bonds is 3. The number of carboxylic acids is 1. The first-order valence-corrected chi connectivity index (χ1v) is 6.45. The topological polar surface area (TPSA) is 114 Å². The summed E-state index contributed by atoms with van der Waals surface area (Å²) in [6, 6.07) is 10.8. The molecule has 0 unspecified atom stereocenters. The number of hydrogen-bond acceptors (Lipinski definition) is 5. The van der Waals surface area contributed by atoms with E-state index in [1.54, 1.807) is 0 Å². The minimum Gasteiger partial charge on any atom is -0.477 e. The Morgan fingerprint density at radius 2 is 1.71 bits per heavy atom. The number of aromatic carboxylic acids is 1. The summed E-state index contributed by atoms with van der Waals surface area (Å²) in [5, 5.41) is 29.1. The Labute approximate surface area is 123 Å². The summed E-state index contributed by atoms with van der Waals surface area (Å²) >= 11 is 0.857. The molecular formula is C14H7N3O3S. The highest BCUT2D eigenvalue weighted by Crippen LogP contribution is 2.20. The summed E-state index contributed by atoms with van der Waals surface area (Å²) in [4.78, 5) is 23.0. The van der Waals surface area contributed by atoms with Crippen LogP contribution in [0, 0.1) is 22.7 Å². The molecule has 0 spiro atoms. The lowest BCUT2D eigenvalue weighted by atomic mass is 10.1. The third-order valence-electron chi connectivity index (χ3n) is 2.56. The van der Waals surface area contributed by atoms with Crippen LogP contribution in [0.3, 0.4) is 0 Å². The molecule has 0 saturated heterocycles. The molecule has 0 saturated carbocycles. The monoisotopic (exact) mass is 297 g/mol. The second kappa shape index (κ2) is 5.87. The molecule has 0 aliphatic carbocycles. The van der Waals surface area contributed by atoms with Crippen molar-refractivity contribution in [2.75, 3.05) is 5.32 Å². The van der Waals surface area contributed by atoms with Crippen LogP contribution in [0.4, 0.5) is 5.69 Å². The average Bonchev–Trinajstić information content (AvgIpc) is 2.97. The maximum atomic E-state index is 12.0. The summed E-state index contributed by atoms with van der Waals surface area (Å²) in [6.45, 7) is 0. The number of nitriles is 2. The molecule has 0 atom stereocenters. The Hall–Kier alpha value is -3.16. The molecular weight excluding hydrogens is 290 g/mol. The largest absolute Gasteiger partial charge is 0.477 e. The fraction of sp³-hybridized carbons (Fsp3) is 0. The van der Waals surface area contributed by atoms with Gasteiger partial charge < -0.3 is 10.4 Å². The minimum atomic E-state index is -1.09. The van der Waals surface area contributed by atoms with Gasteiger partial charge in [0, 0.05) is 5.69 Å². The standard InChI is InChI=1S/C14H7N3O3S/c15-6-8-1-2-10(5-9(8)7-16)17-13(18)11-3-4-12(21-11)14(19)20/h1-5H,(H,17,18)(H,19,20). The summed E-state index contributed by atoms with van der Waals surface area (Å²) in [5.74, 6) is -1.56. The number of carboxylic acid groups (broad SMARTS) is 1. The summed E-state index contributed by atoms with van der Waals surface area (Å²) < 4.78 is 0. The molecule has 0 radical (unpaired) electrons. The van der Waals surface area contributed by atoms with Gasteiger partial charge in [-0.2, -0.15) is 10.5 Å². The van der Waals surface area contributed by atoms with Crippen LogP contribution < -0.4 is 5.32 Å². The van der Waals surface area contributed by atoms with Crippen molar-refractivity contribution in [3.05, 3.63) is 51.2 Å². The predicted molar refractivity (Wildman–Crippen MR) is 75.1 cm³/mol. The number of nitrogens with zero attached hydrogens (tertiary/aromatic N) is 2. The molecule has 1 aromatic heterocycles. The van der Waals surface area contributed by atoms with Gasteiger partial charge in [-0.1, -0.05) is 0 Å². The van der Waals surface area contributed by atoms with Crippen molar-refractivity contribution in [2.45, 2.75) is 0 Å². The fourth-order valence-electron chi connectivity index (χ4n) is 1.58. The zero-order valence-corrected chi connectivity index (χ0v) is 11.3. The zero-order chi connectivity index (χ0) is 15.4. The smallest absolute Gasteiger partial charge is 0.345 e. The van der Waals surface area contributed by atoms with Crippen LogP contribution in [0.15, 0.2) is 30.3 Å². The Balaban J connectivity index is 2.22. The van der Waals surface area contributed by atoms with Gasteiger partial charge in [0.05, 0.1) is 16.0 Å². The van der Waals surface area contributed by atoms with Crippen molar-refractivity contribution in [1.82, 2.24) is 0 Å². The van der Waals surface area contributed by atoms with Crippen LogP contribution in [0.25, 0.3) is 0 Å². The van der Waals surface area contributed by atoms with Gasteiger partial charge in [-0.05, 0) is 30.3 Å². The lowest BCUT2D eigenvalue weighted by molar-refractivity contribution is 0.0702. The molecule has 1 aromatic carbocycles. The minimum absolute atomic E-state index is 0.0673. The summed E-state index contributed by atoms with van der Waals surface area (Å²) in [5.41, 5.74) is 0.744. The molecule has 0 bridgehead atoms. The first-order valence-electron chi connectivity index (χ1n) is 5.64. The second-order valence-corrected chi connectivity index (χ2v) is 4.99. The third-order valence-corrected chi connectivity index (χ3v) is 3.63. The molecule has 21 heavy (non-hydrogen) atoms. The second-order valence-electron chi connectivity index (χ2n) is 3.91. The Bertz CT molecular complexity index is 812. The normalized spacial score (nSPS) is 9.43. The van der Waals surface area contributed by atoms with Gasteiger partial charge in [0.15, 0.2) is 0 Å². The number of hydrogen-bond donors (Lipinski definition) is 2. The van der Waals surface area contributed by atoms with E-state index in [2.05, 4.69) is 5.32 Å². The summed E-state index contributed by atoms with van der Waals surface area (Å²) in [6.07, 6.45) is 0. The lowest BCUT2D eigenvalue weighted by Gasteiger charge is -2.04. The van der Waals surface area contributed by atoms with E-state index in [0.29, 0.717) is 5.69 Å². The third kappa shape index (κ3) is 3.06. The molecule has 7 heteroatoms. The van der Waals surface area contributed by atoms with E-state index in [1.165, 1.54) is 30.3 Å². The maximum absolute atomic E-state index is 12.0. The Morgan fingerprint density at radius 1 is 1.05 bits per heavy atom. The van der Waals surface area contributed by atoms with E-state index < -0.39 is 11.9 Å². The number of benzene rings is 1. The van der Waals surface area contributed by atoms with E-state index in [0.717, 1.165) is 11.3 Å². The van der Waals surface area contributed by atoms with Crippen LogP contribution in [-0.4, -0.2) is 17.0 Å². The molecule has 0 aliphatic heterocycles. The number of amides is 1. The van der Waals surface area contributed by atoms with Gasteiger partial charge in [0.2, 0.25) is 0 Å². The molecule has 102 valence electrons. The van der Waals surface area contributed by atoms with Crippen molar-refractivity contribution >= 4 is 28.9 Å². The molecule has 2 N–H and O–H groups in total. The Morgan fingerprint density at radius 3 is 2.29 bits per heavy atom. The number of anilines is 1. The molecule has 2 rings (SSSR count). The quantitative estimate of drug-likeness (QED) is 0.903. The number of thiophene rings is 1. The molecule has 0 fully saturated rings. The first-order chi connectivity index (χ1) is 10.0. The molecule has 1 amide bonds. The van der Waals surface area contributed by atoms with E-state index in [4.69, 9.17) is 15.6 Å². The van der Waals surface area contributed by atoms with Crippen LogP contribution in [-0.2, 0) is 0 Å². The SMILES string of the molecule is N#Cc1ccc(NC(=O)c2ccc(C(=O)O)s2)cc1C#N. The van der Waals surface area contributed by atoms with E-state index in [-0.39, 0.29) is 20.9 Å². The zero-order valence-electron chi connectivity index (χ0n) is 10.5. The lowest BCUT2D eigenvalue weighted by Crippen LogP contribution is -2.10. The van der Waals surface area contributed by atoms with Gasteiger partial charge in [0.25, 0.3) is 5.91 Å². The van der Waals surface area contributed by atoms with Crippen molar-refractivity contribution in [3.8, 4) is 12.1 Å². The number of carbonyl (C=O) groups excluding carboxylic acids is 1. The highest BCUT2D eigenvalue weighted by atomic mass is 32.1. The van der Waals surface area contributed by atoms with Gasteiger partial charge in [-0.25, -0.2) is 4.79 Å². The van der Waals surface area contributed by atoms with E-state index in [1.807, 2.05) is 12.1 Å². The first kappa shape index (κ1) is 14.3. The van der Waals surface area contributed by atoms with Gasteiger partial charge in [-0.3, -0.25) is 4.79 Å². The highest BCUT2D eigenvalue weighted by molar-refractivity contribution is 7.15. The van der Waals surface area contributed by atoms with Gasteiger partial charge >= 0.3 is 5.97 Å².